The molecule has 0 aliphatic carbocycles. The Kier molecular flexibility index (Phi) is 8.01. The van der Waals surface area contributed by atoms with Crippen molar-refractivity contribution in [2.24, 2.45) is 5.92 Å². The van der Waals surface area contributed by atoms with Gasteiger partial charge in [0.2, 0.25) is 5.91 Å². The third-order valence-electron chi connectivity index (χ3n) is 7.04. The molecule has 1 atom stereocenters. The number of piperidine rings is 1. The van der Waals surface area contributed by atoms with Crippen LogP contribution in [-0.2, 0) is 17.9 Å². The SMILES string of the molecule is Cc1cc(C)cc(C(=O)N2CCCC(C(=O)NCc3ccc(CN4CCN(C)CC4)cc3)C2)c1. The van der Waals surface area contributed by atoms with Crippen molar-refractivity contribution in [2.75, 3.05) is 46.3 Å². The van der Waals surface area contributed by atoms with E-state index >= 15 is 0 Å². The summed E-state index contributed by atoms with van der Waals surface area (Å²) < 4.78 is 0. The summed E-state index contributed by atoms with van der Waals surface area (Å²) in [5.41, 5.74) is 5.31. The van der Waals surface area contributed by atoms with Crippen molar-refractivity contribution in [2.45, 2.75) is 39.8 Å². The Hall–Kier alpha value is -2.70. The van der Waals surface area contributed by atoms with Crippen LogP contribution in [0.25, 0.3) is 0 Å². The quantitative estimate of drug-likeness (QED) is 0.716. The van der Waals surface area contributed by atoms with Crippen LogP contribution in [-0.4, -0.2) is 72.8 Å². The summed E-state index contributed by atoms with van der Waals surface area (Å²) in [6.45, 7) is 11.2. The fourth-order valence-electron chi connectivity index (χ4n) is 5.02. The van der Waals surface area contributed by atoms with Crippen LogP contribution >= 0.6 is 0 Å². The summed E-state index contributed by atoms with van der Waals surface area (Å²) in [5, 5.41) is 3.10. The lowest BCUT2D eigenvalue weighted by atomic mass is 9.96. The van der Waals surface area contributed by atoms with Crippen LogP contribution in [0.4, 0.5) is 0 Å². The topological polar surface area (TPSA) is 55.9 Å². The zero-order valence-corrected chi connectivity index (χ0v) is 20.8. The number of likely N-dealkylation sites (N-methyl/N-ethyl adjacent to an activating group) is 1. The second-order valence-corrected chi connectivity index (χ2v) is 10.1. The van der Waals surface area contributed by atoms with Crippen molar-refractivity contribution in [3.63, 3.8) is 0 Å². The van der Waals surface area contributed by atoms with E-state index in [1.165, 1.54) is 5.56 Å². The number of rotatable bonds is 6. The van der Waals surface area contributed by atoms with Gasteiger partial charge in [-0.2, -0.15) is 0 Å². The summed E-state index contributed by atoms with van der Waals surface area (Å²) in [6.07, 6.45) is 1.68. The molecule has 2 fully saturated rings. The third-order valence-corrected chi connectivity index (χ3v) is 7.04. The van der Waals surface area contributed by atoms with Gasteiger partial charge in [0.15, 0.2) is 0 Å². The fourth-order valence-corrected chi connectivity index (χ4v) is 5.02. The van der Waals surface area contributed by atoms with Gasteiger partial charge in [0.25, 0.3) is 5.91 Å². The summed E-state index contributed by atoms with van der Waals surface area (Å²) in [7, 11) is 2.17. The van der Waals surface area contributed by atoms with Gasteiger partial charge in [0.05, 0.1) is 5.92 Å². The molecule has 1 unspecified atom stereocenters. The number of hydrogen-bond acceptors (Lipinski definition) is 4. The number of carbonyl (C=O) groups excluding carboxylic acids is 2. The van der Waals surface area contributed by atoms with Gasteiger partial charge in [-0.1, -0.05) is 41.5 Å². The molecule has 2 aromatic carbocycles. The predicted octanol–water partition coefficient (Wildman–Crippen LogP) is 3.22. The lowest BCUT2D eigenvalue weighted by Gasteiger charge is -2.32. The van der Waals surface area contributed by atoms with E-state index in [2.05, 4.69) is 52.5 Å². The van der Waals surface area contributed by atoms with E-state index in [-0.39, 0.29) is 17.7 Å². The Balaban J connectivity index is 1.26. The van der Waals surface area contributed by atoms with E-state index in [1.807, 2.05) is 30.9 Å². The largest absolute Gasteiger partial charge is 0.352 e. The average Bonchev–Trinajstić information content (AvgIpc) is 2.84. The first-order valence-electron chi connectivity index (χ1n) is 12.5. The Morgan fingerprint density at radius 2 is 1.56 bits per heavy atom. The molecule has 0 radical (unpaired) electrons. The lowest BCUT2D eigenvalue weighted by Crippen LogP contribution is -2.45. The Morgan fingerprint density at radius 1 is 0.912 bits per heavy atom. The van der Waals surface area contributed by atoms with E-state index in [9.17, 15) is 9.59 Å². The molecular weight excluding hydrogens is 424 g/mol. The first kappa shape index (κ1) is 24.4. The highest BCUT2D eigenvalue weighted by Crippen LogP contribution is 2.20. The molecule has 34 heavy (non-hydrogen) atoms. The molecule has 0 bridgehead atoms. The zero-order chi connectivity index (χ0) is 24.1. The highest BCUT2D eigenvalue weighted by atomic mass is 16.2. The number of likely N-dealkylation sites (tertiary alicyclic amines) is 1. The number of hydrogen-bond donors (Lipinski definition) is 1. The number of carbonyl (C=O) groups is 2. The number of aryl methyl sites for hydroxylation is 2. The molecule has 6 nitrogen and oxygen atoms in total. The van der Waals surface area contributed by atoms with E-state index in [1.54, 1.807) is 0 Å². The predicted molar refractivity (Wildman–Crippen MR) is 136 cm³/mol. The smallest absolute Gasteiger partial charge is 0.253 e. The molecule has 4 rings (SSSR count). The molecule has 2 saturated heterocycles. The summed E-state index contributed by atoms with van der Waals surface area (Å²) in [5.74, 6) is -0.0835. The van der Waals surface area contributed by atoms with E-state index in [0.29, 0.717) is 19.6 Å². The molecule has 2 heterocycles. The average molecular weight is 463 g/mol. The summed E-state index contributed by atoms with van der Waals surface area (Å²) >= 11 is 0. The van der Waals surface area contributed by atoms with E-state index in [4.69, 9.17) is 0 Å². The molecule has 2 aliphatic heterocycles. The van der Waals surface area contributed by atoms with Crippen molar-refractivity contribution in [3.8, 4) is 0 Å². The van der Waals surface area contributed by atoms with Gasteiger partial charge in [-0.3, -0.25) is 14.5 Å². The minimum Gasteiger partial charge on any atom is -0.352 e. The van der Waals surface area contributed by atoms with Crippen molar-refractivity contribution in [3.05, 3.63) is 70.3 Å². The van der Waals surface area contributed by atoms with Gasteiger partial charge in [-0.05, 0) is 57.0 Å². The summed E-state index contributed by atoms with van der Waals surface area (Å²) in [4.78, 5) is 32.6. The van der Waals surface area contributed by atoms with Gasteiger partial charge >= 0.3 is 0 Å². The highest BCUT2D eigenvalue weighted by Gasteiger charge is 2.29. The van der Waals surface area contributed by atoms with Crippen LogP contribution in [0.15, 0.2) is 42.5 Å². The molecule has 182 valence electrons. The van der Waals surface area contributed by atoms with E-state index < -0.39 is 0 Å². The zero-order valence-electron chi connectivity index (χ0n) is 20.8. The maximum Gasteiger partial charge on any atom is 0.253 e. The number of amides is 2. The van der Waals surface area contributed by atoms with Gasteiger partial charge < -0.3 is 15.1 Å². The van der Waals surface area contributed by atoms with Crippen LogP contribution < -0.4 is 5.32 Å². The number of benzene rings is 2. The normalized spacial score (nSPS) is 19.7. The van der Waals surface area contributed by atoms with Crippen LogP contribution in [0.1, 0.15) is 45.5 Å². The Morgan fingerprint density at radius 3 is 2.24 bits per heavy atom. The van der Waals surface area contributed by atoms with Crippen molar-refractivity contribution >= 4 is 11.8 Å². The van der Waals surface area contributed by atoms with Crippen LogP contribution in [0.2, 0.25) is 0 Å². The second kappa shape index (κ2) is 11.2. The second-order valence-electron chi connectivity index (χ2n) is 10.1. The first-order valence-corrected chi connectivity index (χ1v) is 12.5. The molecule has 0 saturated carbocycles. The van der Waals surface area contributed by atoms with Gasteiger partial charge in [-0.15, -0.1) is 0 Å². The Bertz CT molecular complexity index is 976. The molecule has 2 amide bonds. The maximum absolute atomic E-state index is 13.0. The van der Waals surface area contributed by atoms with Crippen LogP contribution in [0.5, 0.6) is 0 Å². The molecular formula is C28H38N4O2. The standard InChI is InChI=1S/C28H38N4O2/c1-21-15-22(2)17-26(16-21)28(34)32-10-4-5-25(20-32)27(33)29-18-23-6-8-24(9-7-23)19-31-13-11-30(3)12-14-31/h6-9,15-17,25H,4-5,10-14,18-20H2,1-3H3,(H,29,33). The van der Waals surface area contributed by atoms with Crippen LogP contribution in [0.3, 0.4) is 0 Å². The molecule has 2 aromatic rings. The summed E-state index contributed by atoms with van der Waals surface area (Å²) in [6, 6.07) is 14.5. The number of nitrogens with one attached hydrogen (secondary N) is 1. The highest BCUT2D eigenvalue weighted by molar-refractivity contribution is 5.95. The van der Waals surface area contributed by atoms with Gasteiger partial charge in [-0.25, -0.2) is 0 Å². The molecule has 0 aromatic heterocycles. The lowest BCUT2D eigenvalue weighted by molar-refractivity contribution is -0.126. The van der Waals surface area contributed by atoms with Crippen molar-refractivity contribution in [1.82, 2.24) is 20.0 Å². The van der Waals surface area contributed by atoms with Gasteiger partial charge in [0.1, 0.15) is 0 Å². The van der Waals surface area contributed by atoms with Crippen molar-refractivity contribution < 1.29 is 9.59 Å². The Labute approximate surface area is 203 Å². The van der Waals surface area contributed by atoms with Gasteiger partial charge in [0, 0.05) is 57.9 Å². The minimum atomic E-state index is -0.153. The molecule has 1 N–H and O–H groups in total. The number of piperazine rings is 1. The van der Waals surface area contributed by atoms with E-state index in [0.717, 1.165) is 67.8 Å². The molecule has 6 heteroatoms. The monoisotopic (exact) mass is 462 g/mol. The minimum absolute atomic E-state index is 0.0280. The van der Waals surface area contributed by atoms with Crippen molar-refractivity contribution in [1.29, 1.82) is 0 Å². The molecule has 0 spiro atoms. The molecule has 2 aliphatic rings. The third kappa shape index (κ3) is 6.45. The fraction of sp³-hybridized carbons (Fsp3) is 0.500. The first-order chi connectivity index (χ1) is 16.4. The maximum atomic E-state index is 13.0. The van der Waals surface area contributed by atoms with Crippen LogP contribution in [0, 0.1) is 19.8 Å². The number of nitrogens with zero attached hydrogens (tertiary/aromatic N) is 3.